The Morgan fingerprint density at radius 1 is 1.11 bits per heavy atom. The van der Waals surface area contributed by atoms with E-state index in [4.69, 9.17) is 11.6 Å². The van der Waals surface area contributed by atoms with Crippen LogP contribution in [0.15, 0.2) is 48.5 Å². The molecule has 0 radical (unpaired) electrons. The van der Waals surface area contributed by atoms with Gasteiger partial charge in [0, 0.05) is 17.5 Å². The number of anilines is 1. The first-order valence-electron chi connectivity index (χ1n) is 8.77. The fraction of sp³-hybridized carbons (Fsp3) is 0.350. The zero-order valence-electron chi connectivity index (χ0n) is 14.6. The number of amides is 1. The highest BCUT2D eigenvalue weighted by atomic mass is 35.5. The number of benzene rings is 2. The Balaban J connectivity index is 1.56. The van der Waals surface area contributed by atoms with Gasteiger partial charge in [0.1, 0.15) is 0 Å². The third-order valence-corrected chi connectivity index (χ3v) is 4.98. The molecule has 3 nitrogen and oxygen atoms in total. The first-order valence-corrected chi connectivity index (χ1v) is 9.14. The zero-order valence-corrected chi connectivity index (χ0v) is 15.4. The van der Waals surface area contributed by atoms with Crippen molar-refractivity contribution in [3.05, 3.63) is 64.7 Å². The van der Waals surface area contributed by atoms with Gasteiger partial charge in [0.15, 0.2) is 0 Å². The fourth-order valence-corrected chi connectivity index (χ4v) is 3.53. The fourth-order valence-electron chi connectivity index (χ4n) is 3.32. The van der Waals surface area contributed by atoms with Crippen LogP contribution < -0.4 is 5.32 Å². The summed E-state index contributed by atoms with van der Waals surface area (Å²) in [4.78, 5) is 14.7. The summed E-state index contributed by atoms with van der Waals surface area (Å²) in [6.45, 7) is 2.17. The summed E-state index contributed by atoms with van der Waals surface area (Å²) in [6.07, 6.45) is -3.27. The second kappa shape index (κ2) is 8.31. The average molecular weight is 397 g/mol. The average Bonchev–Trinajstić information content (AvgIpc) is 2.62. The summed E-state index contributed by atoms with van der Waals surface area (Å²) in [5.41, 5.74) is 0.0950. The van der Waals surface area contributed by atoms with Crippen molar-refractivity contribution in [2.45, 2.75) is 25.6 Å². The van der Waals surface area contributed by atoms with Crippen LogP contribution in [0.2, 0.25) is 5.02 Å². The van der Waals surface area contributed by atoms with Crippen LogP contribution in [0.5, 0.6) is 0 Å². The van der Waals surface area contributed by atoms with Crippen LogP contribution in [0.1, 0.15) is 24.0 Å². The molecule has 3 rings (SSSR count). The zero-order chi connectivity index (χ0) is 19.4. The standard InChI is InChI=1S/C20H20ClF3N2O/c21-16-5-3-4-14(12-16)13-26-10-8-15(9-11-26)19(27)25-18-7-2-1-6-17(18)20(22,23)24/h1-7,12,15H,8-11,13H2,(H,25,27). The molecule has 7 heteroatoms. The lowest BCUT2D eigenvalue weighted by atomic mass is 9.95. The number of hydrogen-bond donors (Lipinski definition) is 1. The minimum Gasteiger partial charge on any atom is -0.325 e. The van der Waals surface area contributed by atoms with Crippen LogP contribution in [0.4, 0.5) is 18.9 Å². The van der Waals surface area contributed by atoms with E-state index >= 15 is 0 Å². The number of alkyl halides is 3. The van der Waals surface area contributed by atoms with Crippen molar-refractivity contribution < 1.29 is 18.0 Å². The van der Waals surface area contributed by atoms with Gasteiger partial charge in [-0.05, 0) is 55.8 Å². The summed E-state index contributed by atoms with van der Waals surface area (Å²) in [5, 5.41) is 3.15. The lowest BCUT2D eigenvalue weighted by molar-refractivity contribution is -0.137. The molecule has 1 heterocycles. The number of piperidine rings is 1. The normalized spacial score (nSPS) is 16.3. The highest BCUT2D eigenvalue weighted by Crippen LogP contribution is 2.35. The largest absolute Gasteiger partial charge is 0.418 e. The highest BCUT2D eigenvalue weighted by Gasteiger charge is 2.34. The molecule has 0 atom stereocenters. The van der Waals surface area contributed by atoms with Crippen LogP contribution in [0.25, 0.3) is 0 Å². The molecule has 0 bridgehead atoms. The van der Waals surface area contributed by atoms with Crippen LogP contribution >= 0.6 is 11.6 Å². The number of nitrogens with one attached hydrogen (secondary N) is 1. The van der Waals surface area contributed by atoms with Crippen LogP contribution in [0, 0.1) is 5.92 Å². The second-order valence-corrected chi connectivity index (χ2v) is 7.15. The number of hydrogen-bond acceptors (Lipinski definition) is 2. The van der Waals surface area contributed by atoms with E-state index in [1.165, 1.54) is 18.2 Å². The number of rotatable bonds is 4. The predicted octanol–water partition coefficient (Wildman–Crippen LogP) is 5.21. The molecule has 2 aromatic rings. The SMILES string of the molecule is O=C(Nc1ccccc1C(F)(F)F)C1CCN(Cc2cccc(Cl)c2)CC1. The lowest BCUT2D eigenvalue weighted by Crippen LogP contribution is -2.38. The molecule has 0 aromatic heterocycles. The molecule has 144 valence electrons. The maximum atomic E-state index is 13.1. The van der Waals surface area contributed by atoms with Gasteiger partial charge in [-0.15, -0.1) is 0 Å². The Hall–Kier alpha value is -2.05. The van der Waals surface area contributed by atoms with Crippen LogP contribution in [0.3, 0.4) is 0 Å². The number of likely N-dealkylation sites (tertiary alicyclic amines) is 1. The Labute approximate surface area is 161 Å². The Morgan fingerprint density at radius 2 is 1.81 bits per heavy atom. The van der Waals surface area contributed by atoms with Gasteiger partial charge in [-0.2, -0.15) is 13.2 Å². The van der Waals surface area contributed by atoms with E-state index in [0.29, 0.717) is 31.0 Å². The maximum absolute atomic E-state index is 13.1. The molecular formula is C20H20ClF3N2O. The van der Waals surface area contributed by atoms with Crippen molar-refractivity contribution >= 4 is 23.2 Å². The summed E-state index contributed by atoms with van der Waals surface area (Å²) >= 11 is 6.00. The van der Waals surface area contributed by atoms with E-state index in [1.807, 2.05) is 24.3 Å². The van der Waals surface area contributed by atoms with Gasteiger partial charge in [0.2, 0.25) is 5.91 Å². The Bertz CT molecular complexity index is 802. The summed E-state index contributed by atoms with van der Waals surface area (Å²) < 4.78 is 39.2. The Morgan fingerprint density at radius 3 is 2.48 bits per heavy atom. The van der Waals surface area contributed by atoms with Crippen molar-refractivity contribution in [3.63, 3.8) is 0 Å². The molecule has 0 spiro atoms. The molecule has 2 aromatic carbocycles. The van der Waals surface area contributed by atoms with Crippen LogP contribution in [-0.4, -0.2) is 23.9 Å². The third-order valence-electron chi connectivity index (χ3n) is 4.74. The smallest absolute Gasteiger partial charge is 0.325 e. The summed E-state index contributed by atoms with van der Waals surface area (Å²) in [6, 6.07) is 12.7. The first kappa shape index (κ1) is 19.7. The maximum Gasteiger partial charge on any atom is 0.418 e. The van der Waals surface area contributed by atoms with Gasteiger partial charge in [0.25, 0.3) is 0 Å². The van der Waals surface area contributed by atoms with Crippen molar-refractivity contribution in [2.24, 2.45) is 5.92 Å². The third kappa shape index (κ3) is 5.23. The van der Waals surface area contributed by atoms with Gasteiger partial charge in [-0.3, -0.25) is 9.69 Å². The summed E-state index contributed by atoms with van der Waals surface area (Å²) in [7, 11) is 0. The van der Waals surface area contributed by atoms with E-state index < -0.39 is 11.7 Å². The van der Waals surface area contributed by atoms with E-state index in [-0.39, 0.29) is 17.5 Å². The number of carbonyl (C=O) groups excluding carboxylic acids is 1. The van der Waals surface area contributed by atoms with Crippen molar-refractivity contribution in [1.29, 1.82) is 0 Å². The number of halogens is 4. The lowest BCUT2D eigenvalue weighted by Gasteiger charge is -2.31. The molecule has 1 aliphatic heterocycles. The molecule has 0 aliphatic carbocycles. The molecule has 1 fully saturated rings. The van der Waals surface area contributed by atoms with E-state index in [1.54, 1.807) is 0 Å². The van der Waals surface area contributed by atoms with E-state index in [0.717, 1.165) is 18.2 Å². The van der Waals surface area contributed by atoms with Gasteiger partial charge in [0.05, 0.1) is 11.3 Å². The number of para-hydroxylation sites is 1. The monoisotopic (exact) mass is 396 g/mol. The van der Waals surface area contributed by atoms with Gasteiger partial charge >= 0.3 is 6.18 Å². The van der Waals surface area contributed by atoms with Gasteiger partial charge in [-0.1, -0.05) is 35.9 Å². The first-order chi connectivity index (χ1) is 12.8. The van der Waals surface area contributed by atoms with Gasteiger partial charge in [-0.25, -0.2) is 0 Å². The van der Waals surface area contributed by atoms with Crippen LogP contribution in [-0.2, 0) is 17.5 Å². The molecule has 0 unspecified atom stereocenters. The van der Waals surface area contributed by atoms with E-state index in [2.05, 4.69) is 10.2 Å². The molecule has 1 aliphatic rings. The van der Waals surface area contributed by atoms with Crippen molar-refractivity contribution in [3.8, 4) is 0 Å². The Kier molecular flexibility index (Phi) is 6.07. The molecule has 1 amide bonds. The number of carbonyl (C=O) groups is 1. The minimum atomic E-state index is -4.50. The van der Waals surface area contributed by atoms with Gasteiger partial charge < -0.3 is 5.32 Å². The molecule has 1 N–H and O–H groups in total. The minimum absolute atomic E-state index is 0.184. The molecule has 0 saturated carbocycles. The van der Waals surface area contributed by atoms with Crippen molar-refractivity contribution in [1.82, 2.24) is 4.90 Å². The number of nitrogens with zero attached hydrogens (tertiary/aromatic N) is 1. The topological polar surface area (TPSA) is 32.3 Å². The molecule has 27 heavy (non-hydrogen) atoms. The van der Waals surface area contributed by atoms with Crippen molar-refractivity contribution in [2.75, 3.05) is 18.4 Å². The quantitative estimate of drug-likeness (QED) is 0.769. The predicted molar refractivity (Wildman–Crippen MR) is 99.5 cm³/mol. The summed E-state index contributed by atoms with van der Waals surface area (Å²) in [5.74, 6) is -0.643. The molecular weight excluding hydrogens is 377 g/mol. The second-order valence-electron chi connectivity index (χ2n) is 6.71. The van der Waals surface area contributed by atoms with E-state index in [9.17, 15) is 18.0 Å². The molecule has 1 saturated heterocycles. The highest BCUT2D eigenvalue weighted by molar-refractivity contribution is 6.30.